The number of rotatable bonds is 0. The molecule has 0 radical (unpaired) electrons. The van der Waals surface area contributed by atoms with Crippen LogP contribution in [0.2, 0.25) is 13.1 Å². The van der Waals surface area contributed by atoms with Crippen LogP contribution in [0.5, 0.6) is 0 Å². The number of fused-ring (bicyclic) bond motifs is 1. The molecule has 0 saturated carbocycles. The van der Waals surface area contributed by atoms with Gasteiger partial charge in [0.05, 0.1) is 5.56 Å². The molecule has 0 spiro atoms. The predicted molar refractivity (Wildman–Crippen MR) is 53.0 cm³/mol. The summed E-state index contributed by atoms with van der Waals surface area (Å²) in [6.07, 6.45) is 0. The monoisotopic (exact) mass is 192 g/mol. The summed E-state index contributed by atoms with van der Waals surface area (Å²) < 4.78 is 5.40. The second-order valence-corrected chi connectivity index (χ2v) is 8.06. The van der Waals surface area contributed by atoms with Gasteiger partial charge in [0.25, 0.3) is 8.32 Å². The Morgan fingerprint density at radius 3 is 2.77 bits per heavy atom. The van der Waals surface area contributed by atoms with Gasteiger partial charge in [0.2, 0.25) is 0 Å². The Morgan fingerprint density at radius 1 is 1.31 bits per heavy atom. The van der Waals surface area contributed by atoms with Gasteiger partial charge in [-0.15, -0.1) is 0 Å². The van der Waals surface area contributed by atoms with Crippen LogP contribution in [0, 0.1) is 0 Å². The van der Waals surface area contributed by atoms with Gasteiger partial charge >= 0.3 is 5.97 Å². The lowest BCUT2D eigenvalue weighted by Gasteiger charge is -2.28. The number of hydrogen-bond donors (Lipinski definition) is 0. The minimum atomic E-state index is -1.75. The SMILES string of the molecule is C[Si]1(C)Cc2ccccc2C(=O)O1. The van der Waals surface area contributed by atoms with Crippen molar-refractivity contribution >= 4 is 14.3 Å². The summed E-state index contributed by atoms with van der Waals surface area (Å²) in [6.45, 7) is 4.14. The van der Waals surface area contributed by atoms with E-state index in [2.05, 4.69) is 13.1 Å². The Bertz CT molecular complexity index is 358. The van der Waals surface area contributed by atoms with Crippen LogP contribution < -0.4 is 0 Å². The largest absolute Gasteiger partial charge is 0.516 e. The van der Waals surface area contributed by atoms with E-state index < -0.39 is 8.32 Å². The van der Waals surface area contributed by atoms with Crippen molar-refractivity contribution in [3.05, 3.63) is 35.4 Å². The first-order valence-corrected chi connectivity index (χ1v) is 7.51. The van der Waals surface area contributed by atoms with Crippen molar-refractivity contribution < 1.29 is 9.22 Å². The van der Waals surface area contributed by atoms with Crippen molar-refractivity contribution in [3.8, 4) is 0 Å². The molecular weight excluding hydrogens is 180 g/mol. The van der Waals surface area contributed by atoms with E-state index in [1.54, 1.807) is 0 Å². The van der Waals surface area contributed by atoms with Gasteiger partial charge < -0.3 is 4.43 Å². The number of carbonyl (C=O) groups is 1. The molecule has 0 amide bonds. The van der Waals surface area contributed by atoms with E-state index in [0.717, 1.165) is 17.2 Å². The summed E-state index contributed by atoms with van der Waals surface area (Å²) in [7, 11) is -1.75. The lowest BCUT2D eigenvalue weighted by atomic mass is 10.1. The molecule has 0 aromatic heterocycles. The number of carbonyl (C=O) groups excluding carboxylic acids is 1. The average molecular weight is 192 g/mol. The summed E-state index contributed by atoms with van der Waals surface area (Å²) in [6, 6.07) is 8.64. The molecule has 0 fully saturated rings. The fourth-order valence-corrected chi connectivity index (χ4v) is 3.58. The van der Waals surface area contributed by atoms with Crippen LogP contribution in [0.25, 0.3) is 0 Å². The molecule has 1 aromatic rings. The van der Waals surface area contributed by atoms with Gasteiger partial charge in [-0.05, 0) is 24.7 Å². The van der Waals surface area contributed by atoms with E-state index in [-0.39, 0.29) is 5.97 Å². The summed E-state index contributed by atoms with van der Waals surface area (Å²) in [4.78, 5) is 11.5. The highest BCUT2D eigenvalue weighted by atomic mass is 28.4. The smallest absolute Gasteiger partial charge is 0.325 e. The summed E-state index contributed by atoms with van der Waals surface area (Å²) in [5.74, 6) is -0.140. The van der Waals surface area contributed by atoms with Crippen molar-refractivity contribution in [1.82, 2.24) is 0 Å². The molecule has 1 aliphatic heterocycles. The molecule has 2 rings (SSSR count). The third kappa shape index (κ3) is 1.51. The third-order valence-corrected chi connectivity index (χ3v) is 4.19. The van der Waals surface area contributed by atoms with Gasteiger partial charge in [0, 0.05) is 6.04 Å². The Kier molecular flexibility index (Phi) is 1.77. The highest BCUT2D eigenvalue weighted by Crippen LogP contribution is 2.24. The Labute approximate surface area is 78.7 Å². The molecule has 1 aliphatic rings. The molecule has 1 heterocycles. The van der Waals surface area contributed by atoms with Crippen molar-refractivity contribution in [3.63, 3.8) is 0 Å². The minimum Gasteiger partial charge on any atom is -0.516 e. The maximum absolute atomic E-state index is 11.5. The minimum absolute atomic E-state index is 0.140. The molecular formula is C10H12O2Si. The lowest BCUT2D eigenvalue weighted by Crippen LogP contribution is -2.40. The molecule has 0 N–H and O–H groups in total. The molecule has 0 unspecified atom stereocenters. The number of hydrogen-bond acceptors (Lipinski definition) is 2. The fourth-order valence-electron chi connectivity index (χ4n) is 1.67. The standard InChI is InChI=1S/C10H12O2Si/c1-13(2)7-8-5-3-4-6-9(8)10(11)12-13/h3-6H,7H2,1-2H3. The average Bonchev–Trinajstić information content (AvgIpc) is 2.02. The van der Waals surface area contributed by atoms with Crippen LogP contribution in [0.15, 0.2) is 24.3 Å². The molecule has 1 aromatic carbocycles. The lowest BCUT2D eigenvalue weighted by molar-refractivity contribution is 0.0711. The normalized spacial score (nSPS) is 19.1. The van der Waals surface area contributed by atoms with E-state index in [1.165, 1.54) is 0 Å². The highest BCUT2D eigenvalue weighted by molar-refractivity contribution is 6.73. The highest BCUT2D eigenvalue weighted by Gasteiger charge is 2.34. The van der Waals surface area contributed by atoms with Crippen LogP contribution in [0.1, 0.15) is 15.9 Å². The predicted octanol–water partition coefficient (Wildman–Crippen LogP) is 2.14. The van der Waals surface area contributed by atoms with Crippen LogP contribution in [-0.4, -0.2) is 14.3 Å². The Balaban J connectivity index is 2.49. The zero-order valence-electron chi connectivity index (χ0n) is 7.83. The van der Waals surface area contributed by atoms with E-state index in [1.807, 2.05) is 24.3 Å². The Morgan fingerprint density at radius 2 is 2.00 bits per heavy atom. The first-order valence-electron chi connectivity index (χ1n) is 4.40. The quantitative estimate of drug-likeness (QED) is 0.589. The molecule has 2 nitrogen and oxygen atoms in total. The van der Waals surface area contributed by atoms with Crippen molar-refractivity contribution in [2.24, 2.45) is 0 Å². The second kappa shape index (κ2) is 2.70. The first kappa shape index (κ1) is 8.50. The van der Waals surface area contributed by atoms with Gasteiger partial charge in [-0.2, -0.15) is 0 Å². The molecule has 68 valence electrons. The third-order valence-electron chi connectivity index (χ3n) is 2.22. The molecule has 0 bridgehead atoms. The molecule has 0 saturated heterocycles. The maximum atomic E-state index is 11.5. The summed E-state index contributed by atoms with van der Waals surface area (Å²) in [5.41, 5.74) is 1.89. The van der Waals surface area contributed by atoms with Crippen molar-refractivity contribution in [2.75, 3.05) is 0 Å². The van der Waals surface area contributed by atoms with Crippen LogP contribution in [-0.2, 0) is 10.5 Å². The second-order valence-electron chi connectivity index (χ2n) is 3.98. The van der Waals surface area contributed by atoms with Crippen LogP contribution in [0.4, 0.5) is 0 Å². The van der Waals surface area contributed by atoms with E-state index >= 15 is 0 Å². The fraction of sp³-hybridized carbons (Fsp3) is 0.300. The Hall–Kier alpha value is -1.09. The van der Waals surface area contributed by atoms with Crippen molar-refractivity contribution in [1.29, 1.82) is 0 Å². The first-order chi connectivity index (χ1) is 6.08. The molecule has 3 heteroatoms. The van der Waals surface area contributed by atoms with E-state index in [0.29, 0.717) is 0 Å². The van der Waals surface area contributed by atoms with Crippen LogP contribution >= 0.6 is 0 Å². The van der Waals surface area contributed by atoms with Gasteiger partial charge in [-0.3, -0.25) is 0 Å². The molecule has 0 aliphatic carbocycles. The molecule has 0 atom stereocenters. The zero-order chi connectivity index (χ0) is 9.47. The van der Waals surface area contributed by atoms with Gasteiger partial charge in [0.15, 0.2) is 0 Å². The summed E-state index contributed by atoms with van der Waals surface area (Å²) in [5, 5.41) is 0. The van der Waals surface area contributed by atoms with Gasteiger partial charge in [0.1, 0.15) is 0 Å². The van der Waals surface area contributed by atoms with Crippen LogP contribution in [0.3, 0.4) is 0 Å². The van der Waals surface area contributed by atoms with E-state index in [4.69, 9.17) is 4.43 Å². The molecule has 13 heavy (non-hydrogen) atoms. The van der Waals surface area contributed by atoms with Gasteiger partial charge in [-0.1, -0.05) is 18.2 Å². The van der Waals surface area contributed by atoms with Gasteiger partial charge in [-0.25, -0.2) is 4.79 Å². The topological polar surface area (TPSA) is 26.3 Å². The maximum Gasteiger partial charge on any atom is 0.325 e. The van der Waals surface area contributed by atoms with Crippen molar-refractivity contribution in [2.45, 2.75) is 19.1 Å². The number of benzene rings is 1. The van der Waals surface area contributed by atoms with E-state index in [9.17, 15) is 4.79 Å². The summed E-state index contributed by atoms with van der Waals surface area (Å²) >= 11 is 0. The zero-order valence-corrected chi connectivity index (χ0v) is 8.83.